The first-order chi connectivity index (χ1) is 11.3. The highest BCUT2D eigenvalue weighted by Gasteiger charge is 2.42. The Labute approximate surface area is 137 Å². The molecule has 0 unspecified atom stereocenters. The molecule has 0 heterocycles. The third-order valence-electron chi connectivity index (χ3n) is 4.81. The van der Waals surface area contributed by atoms with Crippen LogP contribution in [0.5, 0.6) is 5.75 Å². The first kappa shape index (κ1) is 17.0. The molecule has 2 N–H and O–H groups in total. The summed E-state index contributed by atoms with van der Waals surface area (Å²) in [7, 11) is 0. The molecule has 1 aromatic rings. The Balaban J connectivity index is 1.74. The van der Waals surface area contributed by atoms with Crippen LogP contribution < -0.4 is 10.5 Å². The molecule has 132 valence electrons. The summed E-state index contributed by atoms with van der Waals surface area (Å²) >= 11 is 0. The van der Waals surface area contributed by atoms with Crippen LogP contribution in [0, 0.1) is 11.7 Å². The smallest absolute Gasteiger partial charge is 0.391 e. The van der Waals surface area contributed by atoms with Gasteiger partial charge in [0, 0.05) is 6.07 Å². The Bertz CT molecular complexity index is 632. The maximum atomic E-state index is 14.0. The van der Waals surface area contributed by atoms with Gasteiger partial charge in [-0.3, -0.25) is 4.79 Å². The number of benzene rings is 1. The first-order valence-electron chi connectivity index (χ1n) is 8.12. The molecule has 0 bridgehead atoms. The Kier molecular flexibility index (Phi) is 4.44. The van der Waals surface area contributed by atoms with E-state index in [9.17, 15) is 22.4 Å². The van der Waals surface area contributed by atoms with Crippen molar-refractivity contribution in [2.75, 3.05) is 0 Å². The lowest BCUT2D eigenvalue weighted by molar-refractivity contribution is -0.185. The summed E-state index contributed by atoms with van der Waals surface area (Å²) in [6.07, 6.45) is -2.08. The van der Waals surface area contributed by atoms with E-state index in [0.29, 0.717) is 5.75 Å². The Morgan fingerprint density at radius 3 is 2.21 bits per heavy atom. The predicted molar refractivity (Wildman–Crippen MR) is 79.3 cm³/mol. The summed E-state index contributed by atoms with van der Waals surface area (Å²) in [5.41, 5.74) is 5.72. The summed E-state index contributed by atoms with van der Waals surface area (Å²) in [6.45, 7) is 0. The molecule has 3 nitrogen and oxygen atoms in total. The zero-order valence-corrected chi connectivity index (χ0v) is 13.0. The largest absolute Gasteiger partial charge is 0.490 e. The van der Waals surface area contributed by atoms with E-state index in [2.05, 4.69) is 0 Å². The van der Waals surface area contributed by atoms with Gasteiger partial charge in [0.25, 0.3) is 5.91 Å². The van der Waals surface area contributed by atoms with Crippen LogP contribution in [0.25, 0.3) is 0 Å². The minimum Gasteiger partial charge on any atom is -0.490 e. The maximum Gasteiger partial charge on any atom is 0.391 e. The minimum absolute atomic E-state index is 0.0226. The van der Waals surface area contributed by atoms with Crippen molar-refractivity contribution < 1.29 is 27.1 Å². The van der Waals surface area contributed by atoms with Crippen LogP contribution in [-0.2, 0) is 0 Å². The number of nitrogens with two attached hydrogens (primary N) is 1. The van der Waals surface area contributed by atoms with Crippen LogP contribution in [0.3, 0.4) is 0 Å². The van der Waals surface area contributed by atoms with Gasteiger partial charge < -0.3 is 10.5 Å². The molecular formula is C17H19F4NO2. The lowest BCUT2D eigenvalue weighted by atomic mass is 9.87. The van der Waals surface area contributed by atoms with Crippen LogP contribution in [0.1, 0.15) is 60.4 Å². The Hall–Kier alpha value is -1.79. The quantitative estimate of drug-likeness (QED) is 0.827. The summed E-state index contributed by atoms with van der Waals surface area (Å²) in [6, 6.07) is 2.57. The molecule has 1 aromatic carbocycles. The number of amides is 1. The van der Waals surface area contributed by atoms with Gasteiger partial charge in [0.15, 0.2) is 0 Å². The van der Waals surface area contributed by atoms with Crippen molar-refractivity contribution in [2.45, 2.75) is 56.7 Å². The molecule has 0 radical (unpaired) electrons. The molecule has 0 atom stereocenters. The molecule has 7 heteroatoms. The standard InChI is InChI=1S/C17H19F4NO2/c18-14-8-15(12(9-1-2-9)7-13(14)16(22)23)24-11-5-3-10(4-6-11)17(19,20)21/h7-11H,1-6H2,(H2,22,23). The molecule has 1 amide bonds. The van der Waals surface area contributed by atoms with E-state index in [1.54, 1.807) is 0 Å². The summed E-state index contributed by atoms with van der Waals surface area (Å²) in [5.74, 6) is -2.35. The van der Waals surface area contributed by atoms with E-state index in [-0.39, 0.29) is 43.3 Å². The summed E-state index contributed by atoms with van der Waals surface area (Å²) in [5, 5.41) is 0. The van der Waals surface area contributed by atoms with Gasteiger partial charge in [0.2, 0.25) is 0 Å². The van der Waals surface area contributed by atoms with Crippen molar-refractivity contribution in [2.24, 2.45) is 11.7 Å². The number of rotatable bonds is 4. The monoisotopic (exact) mass is 345 g/mol. The van der Waals surface area contributed by atoms with Crippen LogP contribution in [-0.4, -0.2) is 18.2 Å². The van der Waals surface area contributed by atoms with E-state index >= 15 is 0 Å². The van der Waals surface area contributed by atoms with Crippen molar-refractivity contribution >= 4 is 5.91 Å². The highest BCUT2D eigenvalue weighted by molar-refractivity contribution is 5.93. The second kappa shape index (κ2) is 6.26. The first-order valence-corrected chi connectivity index (χ1v) is 8.12. The molecule has 24 heavy (non-hydrogen) atoms. The zero-order valence-electron chi connectivity index (χ0n) is 13.0. The number of hydrogen-bond acceptors (Lipinski definition) is 2. The fourth-order valence-corrected chi connectivity index (χ4v) is 3.26. The number of ether oxygens (including phenoxy) is 1. The second-order valence-electron chi connectivity index (χ2n) is 6.64. The van der Waals surface area contributed by atoms with Crippen molar-refractivity contribution in [3.63, 3.8) is 0 Å². The molecular weight excluding hydrogens is 326 g/mol. The van der Waals surface area contributed by atoms with Gasteiger partial charge in [0.1, 0.15) is 11.6 Å². The Morgan fingerprint density at radius 2 is 1.71 bits per heavy atom. The number of hydrogen-bond donors (Lipinski definition) is 1. The average Bonchev–Trinajstić information content (AvgIpc) is 3.31. The van der Waals surface area contributed by atoms with Gasteiger partial charge in [0.05, 0.1) is 17.6 Å². The van der Waals surface area contributed by atoms with Crippen LogP contribution in [0.4, 0.5) is 17.6 Å². The third-order valence-corrected chi connectivity index (χ3v) is 4.81. The van der Waals surface area contributed by atoms with E-state index < -0.39 is 23.8 Å². The van der Waals surface area contributed by atoms with Gasteiger partial charge in [-0.15, -0.1) is 0 Å². The zero-order chi connectivity index (χ0) is 17.5. The van der Waals surface area contributed by atoms with Crippen LogP contribution in [0.2, 0.25) is 0 Å². The van der Waals surface area contributed by atoms with Crippen molar-refractivity contribution in [1.82, 2.24) is 0 Å². The van der Waals surface area contributed by atoms with E-state index in [4.69, 9.17) is 10.5 Å². The summed E-state index contributed by atoms with van der Waals surface area (Å²) in [4.78, 5) is 11.3. The molecule has 0 saturated heterocycles. The summed E-state index contributed by atoms with van der Waals surface area (Å²) < 4.78 is 57.9. The number of halogens is 4. The lowest BCUT2D eigenvalue weighted by Crippen LogP contribution is -2.32. The van der Waals surface area contributed by atoms with Gasteiger partial charge in [-0.2, -0.15) is 13.2 Å². The van der Waals surface area contributed by atoms with Crippen molar-refractivity contribution in [3.05, 3.63) is 29.1 Å². The molecule has 2 saturated carbocycles. The molecule has 3 rings (SSSR count). The van der Waals surface area contributed by atoms with E-state index in [0.717, 1.165) is 24.5 Å². The SMILES string of the molecule is NC(=O)c1cc(C2CC2)c(OC2CCC(C(F)(F)F)CC2)cc1F. The maximum absolute atomic E-state index is 14.0. The molecule has 0 aliphatic heterocycles. The topological polar surface area (TPSA) is 52.3 Å². The van der Waals surface area contributed by atoms with Gasteiger partial charge >= 0.3 is 6.18 Å². The number of carbonyl (C=O) groups excluding carboxylic acids is 1. The second-order valence-corrected chi connectivity index (χ2v) is 6.64. The number of carbonyl (C=O) groups is 1. The molecule has 0 aromatic heterocycles. The highest BCUT2D eigenvalue weighted by Crippen LogP contribution is 2.46. The van der Waals surface area contributed by atoms with E-state index in [1.165, 1.54) is 6.07 Å². The normalized spacial score (nSPS) is 24.7. The molecule has 2 fully saturated rings. The predicted octanol–water partition coefficient (Wildman–Crippen LogP) is 4.30. The minimum atomic E-state index is -4.17. The Morgan fingerprint density at radius 1 is 1.08 bits per heavy atom. The highest BCUT2D eigenvalue weighted by atomic mass is 19.4. The van der Waals surface area contributed by atoms with Gasteiger partial charge in [-0.05, 0) is 56.1 Å². The number of primary amides is 1. The fourth-order valence-electron chi connectivity index (χ4n) is 3.26. The van der Waals surface area contributed by atoms with Gasteiger partial charge in [-0.1, -0.05) is 0 Å². The average molecular weight is 345 g/mol. The van der Waals surface area contributed by atoms with Gasteiger partial charge in [-0.25, -0.2) is 4.39 Å². The number of alkyl halides is 3. The molecule has 0 spiro atoms. The van der Waals surface area contributed by atoms with Crippen molar-refractivity contribution in [3.8, 4) is 5.75 Å². The van der Waals surface area contributed by atoms with Crippen LogP contribution >= 0.6 is 0 Å². The van der Waals surface area contributed by atoms with E-state index in [1.807, 2.05) is 0 Å². The molecule has 2 aliphatic carbocycles. The third kappa shape index (κ3) is 3.65. The molecule has 2 aliphatic rings. The fraction of sp³-hybridized carbons (Fsp3) is 0.588. The lowest BCUT2D eigenvalue weighted by Gasteiger charge is -2.30. The van der Waals surface area contributed by atoms with Crippen molar-refractivity contribution in [1.29, 1.82) is 0 Å². The van der Waals surface area contributed by atoms with Crippen LogP contribution in [0.15, 0.2) is 12.1 Å².